The first-order valence-electron chi connectivity index (χ1n) is 15.4. The van der Waals surface area contributed by atoms with Crippen LogP contribution < -0.4 is 0 Å². The van der Waals surface area contributed by atoms with Gasteiger partial charge in [0.15, 0.2) is 23.3 Å². The van der Waals surface area contributed by atoms with Crippen molar-refractivity contribution in [3.63, 3.8) is 0 Å². The summed E-state index contributed by atoms with van der Waals surface area (Å²) in [4.78, 5) is 25.5. The van der Waals surface area contributed by atoms with Gasteiger partial charge < -0.3 is 0 Å². The Morgan fingerprint density at radius 1 is 0.362 bits per heavy atom. The molecule has 0 saturated heterocycles. The fourth-order valence-corrected chi connectivity index (χ4v) is 7.28. The molecule has 220 valence electrons. The van der Waals surface area contributed by atoms with Crippen LogP contribution in [0.1, 0.15) is 0 Å². The lowest BCUT2D eigenvalue weighted by Gasteiger charge is -2.12. The number of aromatic nitrogens is 5. The highest BCUT2D eigenvalue weighted by Crippen LogP contribution is 2.42. The van der Waals surface area contributed by atoms with Crippen molar-refractivity contribution >= 4 is 42.4 Å². The highest BCUT2D eigenvalue weighted by atomic mass is 32.1. The van der Waals surface area contributed by atoms with Gasteiger partial charge in [-0.05, 0) is 24.3 Å². The summed E-state index contributed by atoms with van der Waals surface area (Å²) in [6.07, 6.45) is 0. The summed E-state index contributed by atoms with van der Waals surface area (Å²) in [6.45, 7) is 0. The molecule has 6 heteroatoms. The standard InChI is InChI=1S/C41H25N5S/c1-4-14-26(15-5-1)37-30-20-10-12-22-33(30)42-40(43-37)29-24-32(36-31-21-11-13-23-34(31)47-35(36)25-29)41-45-38(27-16-6-2-7-17-27)44-39(46-41)28-18-8-3-9-19-28/h1-25H. The van der Waals surface area contributed by atoms with Gasteiger partial charge >= 0.3 is 0 Å². The van der Waals surface area contributed by atoms with Gasteiger partial charge in [0.05, 0.1) is 11.2 Å². The number of hydrogen-bond acceptors (Lipinski definition) is 6. The van der Waals surface area contributed by atoms with E-state index in [-0.39, 0.29) is 0 Å². The van der Waals surface area contributed by atoms with Crippen LogP contribution in [0, 0.1) is 0 Å². The highest BCUT2D eigenvalue weighted by molar-refractivity contribution is 7.26. The molecule has 0 aliphatic heterocycles. The highest BCUT2D eigenvalue weighted by Gasteiger charge is 2.20. The molecule has 0 unspecified atom stereocenters. The summed E-state index contributed by atoms with van der Waals surface area (Å²) >= 11 is 1.76. The Labute approximate surface area is 275 Å². The monoisotopic (exact) mass is 619 g/mol. The normalized spacial score (nSPS) is 11.4. The third-order valence-electron chi connectivity index (χ3n) is 8.33. The smallest absolute Gasteiger partial charge is 0.164 e. The maximum absolute atomic E-state index is 5.21. The summed E-state index contributed by atoms with van der Waals surface area (Å²) in [5, 5.41) is 3.30. The third kappa shape index (κ3) is 4.92. The van der Waals surface area contributed by atoms with E-state index in [4.69, 9.17) is 24.9 Å². The van der Waals surface area contributed by atoms with Crippen LogP contribution in [0.25, 0.3) is 87.9 Å². The summed E-state index contributed by atoms with van der Waals surface area (Å²) in [7, 11) is 0. The molecule has 0 fully saturated rings. The van der Waals surface area contributed by atoms with Crippen LogP contribution in [-0.2, 0) is 0 Å². The molecule has 5 nitrogen and oxygen atoms in total. The van der Waals surface area contributed by atoms with E-state index in [2.05, 4.69) is 60.7 Å². The molecule has 47 heavy (non-hydrogen) atoms. The molecular formula is C41H25N5S. The lowest BCUT2D eigenvalue weighted by atomic mass is 10.0. The second kappa shape index (κ2) is 11.4. The average molecular weight is 620 g/mol. The molecule has 9 aromatic rings. The number of hydrogen-bond donors (Lipinski definition) is 0. The van der Waals surface area contributed by atoms with E-state index in [0.717, 1.165) is 54.5 Å². The van der Waals surface area contributed by atoms with Crippen LogP contribution in [-0.4, -0.2) is 24.9 Å². The van der Waals surface area contributed by atoms with Crippen molar-refractivity contribution in [2.45, 2.75) is 0 Å². The third-order valence-corrected chi connectivity index (χ3v) is 9.45. The minimum Gasteiger partial charge on any atom is -0.228 e. The maximum atomic E-state index is 5.21. The van der Waals surface area contributed by atoms with Crippen molar-refractivity contribution in [2.75, 3.05) is 0 Å². The minimum absolute atomic E-state index is 0.609. The number of benzene rings is 6. The van der Waals surface area contributed by atoms with E-state index in [1.165, 1.54) is 10.1 Å². The summed E-state index contributed by atoms with van der Waals surface area (Å²) in [5.74, 6) is 2.52. The largest absolute Gasteiger partial charge is 0.228 e. The zero-order chi connectivity index (χ0) is 31.2. The number of rotatable bonds is 5. The van der Waals surface area contributed by atoms with Crippen LogP contribution >= 0.6 is 11.3 Å². The SMILES string of the molecule is c1ccc(-c2nc(-c3ccccc3)nc(-c3cc(-c4nc(-c5ccccc5)c5ccccc5n4)cc4sc5ccccc5c34)n2)cc1. The Morgan fingerprint density at radius 2 is 0.894 bits per heavy atom. The Kier molecular flexibility index (Phi) is 6.58. The molecule has 0 spiro atoms. The van der Waals surface area contributed by atoms with Crippen molar-refractivity contribution in [3.05, 3.63) is 152 Å². The molecule has 0 bridgehead atoms. The van der Waals surface area contributed by atoms with Gasteiger partial charge in [-0.1, -0.05) is 127 Å². The lowest BCUT2D eigenvalue weighted by Crippen LogP contribution is -2.01. The van der Waals surface area contributed by atoms with Gasteiger partial charge in [0, 0.05) is 53.4 Å². The van der Waals surface area contributed by atoms with E-state index in [0.29, 0.717) is 23.3 Å². The summed E-state index contributed by atoms with van der Waals surface area (Å²) < 4.78 is 2.32. The van der Waals surface area contributed by atoms with E-state index in [1.807, 2.05) is 91.0 Å². The molecule has 0 aliphatic rings. The van der Waals surface area contributed by atoms with Crippen molar-refractivity contribution in [1.29, 1.82) is 0 Å². The molecule has 3 aromatic heterocycles. The number of fused-ring (bicyclic) bond motifs is 4. The van der Waals surface area contributed by atoms with Crippen molar-refractivity contribution in [1.82, 2.24) is 24.9 Å². The van der Waals surface area contributed by atoms with E-state index >= 15 is 0 Å². The lowest BCUT2D eigenvalue weighted by molar-refractivity contribution is 1.08. The van der Waals surface area contributed by atoms with Gasteiger partial charge in [0.25, 0.3) is 0 Å². The Hall–Kier alpha value is -6.11. The number of thiophene rings is 1. The summed E-state index contributed by atoms with van der Waals surface area (Å²) in [5.41, 5.74) is 6.54. The molecule has 0 aliphatic carbocycles. The molecule has 9 rings (SSSR count). The fourth-order valence-electron chi connectivity index (χ4n) is 6.11. The maximum Gasteiger partial charge on any atom is 0.164 e. The van der Waals surface area contributed by atoms with Crippen LogP contribution in [0.5, 0.6) is 0 Å². The van der Waals surface area contributed by atoms with Crippen LogP contribution in [0.4, 0.5) is 0 Å². The van der Waals surface area contributed by atoms with Gasteiger partial charge in [-0.15, -0.1) is 11.3 Å². The molecular weight excluding hydrogens is 595 g/mol. The zero-order valence-corrected chi connectivity index (χ0v) is 25.9. The van der Waals surface area contributed by atoms with Gasteiger partial charge in [0.2, 0.25) is 0 Å². The second-order valence-electron chi connectivity index (χ2n) is 11.3. The van der Waals surface area contributed by atoms with E-state index in [1.54, 1.807) is 11.3 Å². The molecule has 0 N–H and O–H groups in total. The number of para-hydroxylation sites is 1. The van der Waals surface area contributed by atoms with Crippen molar-refractivity contribution < 1.29 is 0 Å². The van der Waals surface area contributed by atoms with Gasteiger partial charge in [-0.3, -0.25) is 0 Å². The topological polar surface area (TPSA) is 64.5 Å². The van der Waals surface area contributed by atoms with Crippen molar-refractivity contribution in [2.24, 2.45) is 0 Å². The molecule has 0 atom stereocenters. The molecule has 0 amide bonds. The van der Waals surface area contributed by atoms with Crippen LogP contribution in [0.2, 0.25) is 0 Å². The number of nitrogens with zero attached hydrogens (tertiary/aromatic N) is 5. The van der Waals surface area contributed by atoms with E-state index < -0.39 is 0 Å². The summed E-state index contributed by atoms with van der Waals surface area (Å²) in [6, 6.07) is 51.6. The van der Waals surface area contributed by atoms with Gasteiger partial charge in [-0.25, -0.2) is 24.9 Å². The van der Waals surface area contributed by atoms with Gasteiger partial charge in [0.1, 0.15) is 0 Å². The van der Waals surface area contributed by atoms with Gasteiger partial charge in [-0.2, -0.15) is 0 Å². The first-order valence-corrected chi connectivity index (χ1v) is 16.3. The molecule has 0 saturated carbocycles. The second-order valence-corrected chi connectivity index (χ2v) is 12.4. The predicted molar refractivity (Wildman–Crippen MR) is 193 cm³/mol. The Balaban J connectivity index is 1.34. The Bertz CT molecular complexity index is 2510. The quantitative estimate of drug-likeness (QED) is 0.192. The zero-order valence-electron chi connectivity index (χ0n) is 25.1. The molecule has 3 heterocycles. The predicted octanol–water partition coefficient (Wildman–Crippen LogP) is 10.5. The average Bonchev–Trinajstić information content (AvgIpc) is 3.53. The van der Waals surface area contributed by atoms with Crippen LogP contribution in [0.15, 0.2) is 152 Å². The minimum atomic E-state index is 0.609. The van der Waals surface area contributed by atoms with Crippen LogP contribution in [0.3, 0.4) is 0 Å². The van der Waals surface area contributed by atoms with E-state index in [9.17, 15) is 0 Å². The molecule has 0 radical (unpaired) electrons. The molecule has 6 aromatic carbocycles. The Morgan fingerprint density at radius 3 is 1.57 bits per heavy atom. The first-order chi connectivity index (χ1) is 23.3. The van der Waals surface area contributed by atoms with Crippen molar-refractivity contribution in [3.8, 4) is 56.8 Å². The first kappa shape index (κ1) is 27.2. The fraction of sp³-hybridized carbons (Fsp3) is 0.